The fourth-order valence-electron chi connectivity index (χ4n) is 2.41. The molecule has 10 nitrogen and oxygen atoms in total. The van der Waals surface area contributed by atoms with Gasteiger partial charge in [-0.15, -0.1) is 0 Å². The van der Waals surface area contributed by atoms with Crippen LogP contribution in [0.4, 0.5) is 0 Å². The molecule has 0 unspecified atom stereocenters. The maximum atomic E-state index is 11.9. The molecule has 0 saturated carbocycles. The van der Waals surface area contributed by atoms with Gasteiger partial charge in [-0.2, -0.15) is 5.26 Å². The Labute approximate surface area is 160 Å². The van der Waals surface area contributed by atoms with E-state index in [2.05, 4.69) is 0 Å². The summed E-state index contributed by atoms with van der Waals surface area (Å²) in [4.78, 5) is 11.9. The molecule has 0 amide bonds. The fraction of sp³-hybridized carbons (Fsp3) is 0.444. The largest absolute Gasteiger partial charge is 0.508 e. The van der Waals surface area contributed by atoms with Crippen molar-refractivity contribution in [2.75, 3.05) is 19.8 Å². The molecule has 28 heavy (non-hydrogen) atoms. The van der Waals surface area contributed by atoms with E-state index in [1.807, 2.05) is 6.07 Å². The molecule has 5 N–H and O–H groups in total. The minimum atomic E-state index is -1.57. The number of nitrogens with zero attached hydrogens (tertiary/aromatic N) is 1. The number of rotatable bonds is 7. The lowest BCUT2D eigenvalue weighted by Gasteiger charge is -2.39. The molecule has 1 aromatic carbocycles. The Balaban J connectivity index is 1.86. The monoisotopic (exact) mass is 395 g/mol. The number of hydrogen-bond donors (Lipinski definition) is 5. The number of phenols is 1. The Kier molecular flexibility index (Phi) is 7.89. The van der Waals surface area contributed by atoms with Crippen molar-refractivity contribution in [3.8, 4) is 11.8 Å². The second-order valence-corrected chi connectivity index (χ2v) is 5.99. The van der Waals surface area contributed by atoms with Crippen LogP contribution in [0.1, 0.15) is 10.4 Å². The number of phenolic OH excluding ortho intramolecular Hbond substituents is 1. The lowest BCUT2D eigenvalue weighted by Crippen LogP contribution is -2.59. The highest BCUT2D eigenvalue weighted by atomic mass is 16.7. The predicted molar refractivity (Wildman–Crippen MR) is 91.8 cm³/mol. The molecule has 1 aliphatic heterocycles. The van der Waals surface area contributed by atoms with Crippen LogP contribution in [0.15, 0.2) is 35.9 Å². The van der Waals surface area contributed by atoms with Crippen molar-refractivity contribution in [2.45, 2.75) is 30.7 Å². The van der Waals surface area contributed by atoms with Crippen molar-refractivity contribution in [1.29, 1.82) is 5.26 Å². The first-order chi connectivity index (χ1) is 13.4. The molecule has 1 aliphatic rings. The number of hydrogen-bond acceptors (Lipinski definition) is 10. The van der Waals surface area contributed by atoms with Gasteiger partial charge in [0.15, 0.2) is 6.29 Å². The van der Waals surface area contributed by atoms with Crippen LogP contribution in [0, 0.1) is 11.3 Å². The van der Waals surface area contributed by atoms with Crippen LogP contribution in [0.25, 0.3) is 0 Å². The molecule has 0 aliphatic carbocycles. The first kappa shape index (κ1) is 21.8. The maximum absolute atomic E-state index is 11.9. The number of esters is 1. The summed E-state index contributed by atoms with van der Waals surface area (Å²) in [6.45, 7) is -1.13. The summed E-state index contributed by atoms with van der Waals surface area (Å²) in [6, 6.07) is 7.23. The molecule has 1 aromatic rings. The first-order valence-electron chi connectivity index (χ1n) is 8.34. The highest BCUT2D eigenvalue weighted by Gasteiger charge is 2.43. The van der Waals surface area contributed by atoms with Crippen LogP contribution in [-0.4, -0.2) is 82.0 Å². The van der Waals surface area contributed by atoms with Crippen LogP contribution < -0.4 is 0 Å². The molecule has 0 spiro atoms. The number of benzene rings is 1. The number of aromatic hydroxyl groups is 1. The van der Waals surface area contributed by atoms with Gasteiger partial charge in [-0.1, -0.05) is 0 Å². The zero-order valence-electron chi connectivity index (χ0n) is 14.7. The summed E-state index contributed by atoms with van der Waals surface area (Å²) >= 11 is 0. The molecule has 5 atom stereocenters. The maximum Gasteiger partial charge on any atom is 0.338 e. The Hall–Kier alpha value is -2.52. The molecule has 10 heteroatoms. The molecular weight excluding hydrogens is 374 g/mol. The smallest absolute Gasteiger partial charge is 0.338 e. The molecule has 0 radical (unpaired) electrons. The Morgan fingerprint density at radius 3 is 2.46 bits per heavy atom. The van der Waals surface area contributed by atoms with Gasteiger partial charge in [0.05, 0.1) is 30.4 Å². The van der Waals surface area contributed by atoms with E-state index >= 15 is 0 Å². The van der Waals surface area contributed by atoms with E-state index in [0.717, 1.165) is 0 Å². The first-order valence-corrected chi connectivity index (χ1v) is 8.34. The van der Waals surface area contributed by atoms with Crippen molar-refractivity contribution in [2.24, 2.45) is 0 Å². The molecule has 2 rings (SSSR count). The van der Waals surface area contributed by atoms with Gasteiger partial charge in [0.25, 0.3) is 0 Å². The number of carbonyl (C=O) groups excluding carboxylic acids is 1. The normalized spacial score (nSPS) is 27.8. The highest BCUT2D eigenvalue weighted by Crippen LogP contribution is 2.22. The predicted octanol–water partition coefficient (Wildman–Crippen LogP) is -1.18. The van der Waals surface area contributed by atoms with Gasteiger partial charge in [-0.3, -0.25) is 0 Å². The summed E-state index contributed by atoms with van der Waals surface area (Å²) in [5.74, 6) is -0.685. The molecule has 152 valence electrons. The fourth-order valence-corrected chi connectivity index (χ4v) is 2.41. The molecule has 1 heterocycles. The van der Waals surface area contributed by atoms with Gasteiger partial charge in [0.1, 0.15) is 36.8 Å². The minimum absolute atomic E-state index is 0.000461. The number of aliphatic hydroxyl groups excluding tert-OH is 4. The minimum Gasteiger partial charge on any atom is -0.508 e. The lowest BCUT2D eigenvalue weighted by molar-refractivity contribution is -0.298. The molecule has 0 bridgehead atoms. The second-order valence-electron chi connectivity index (χ2n) is 5.99. The van der Waals surface area contributed by atoms with E-state index in [1.54, 1.807) is 0 Å². The van der Waals surface area contributed by atoms with Gasteiger partial charge in [-0.25, -0.2) is 4.79 Å². The molecule has 1 fully saturated rings. The number of nitriles is 1. The van der Waals surface area contributed by atoms with E-state index in [0.29, 0.717) is 0 Å². The average Bonchev–Trinajstić information content (AvgIpc) is 2.70. The third-order valence-electron chi connectivity index (χ3n) is 4.04. The van der Waals surface area contributed by atoms with Gasteiger partial charge in [-0.05, 0) is 30.3 Å². The van der Waals surface area contributed by atoms with Crippen molar-refractivity contribution >= 4 is 5.97 Å². The van der Waals surface area contributed by atoms with Crippen molar-refractivity contribution in [3.05, 3.63) is 41.5 Å². The van der Waals surface area contributed by atoms with E-state index in [4.69, 9.17) is 24.6 Å². The Bertz CT molecular complexity index is 726. The summed E-state index contributed by atoms with van der Waals surface area (Å²) in [7, 11) is 0. The molecule has 0 aromatic heterocycles. The zero-order valence-corrected chi connectivity index (χ0v) is 14.7. The quantitative estimate of drug-likeness (QED) is 0.279. The third kappa shape index (κ3) is 5.49. The summed E-state index contributed by atoms with van der Waals surface area (Å²) in [5, 5.41) is 56.6. The van der Waals surface area contributed by atoms with Gasteiger partial charge in [0.2, 0.25) is 0 Å². The van der Waals surface area contributed by atoms with Crippen LogP contribution in [0.3, 0.4) is 0 Å². The average molecular weight is 395 g/mol. The van der Waals surface area contributed by atoms with E-state index in [9.17, 15) is 25.2 Å². The van der Waals surface area contributed by atoms with Gasteiger partial charge in [0, 0.05) is 0 Å². The lowest BCUT2D eigenvalue weighted by atomic mass is 9.99. The summed E-state index contributed by atoms with van der Waals surface area (Å²) < 4.78 is 15.4. The van der Waals surface area contributed by atoms with Crippen LogP contribution in [0.5, 0.6) is 5.75 Å². The van der Waals surface area contributed by atoms with E-state index in [1.165, 1.54) is 30.3 Å². The number of carbonyl (C=O) groups is 1. The molecular formula is C18H21NO9. The summed E-state index contributed by atoms with van der Waals surface area (Å²) in [6.07, 6.45) is -5.75. The Morgan fingerprint density at radius 1 is 1.18 bits per heavy atom. The standard InChI is InChI=1S/C18H21NO9/c19-7-10(9-27-17(25)11-1-3-12(21)4-2-11)5-6-26-18-16(24)15(23)14(22)13(8-20)28-18/h1-5,13-16,18,20-24H,6,8-9H2/t13-,14-,15+,16-,18-/m1/s1. The van der Waals surface area contributed by atoms with Crippen LogP contribution in [0.2, 0.25) is 0 Å². The SMILES string of the molecule is N#CC(=CCO[C@@H]1O[C@H](CO)[C@@H](O)[C@H](O)[C@H]1O)COC(=O)c1ccc(O)cc1. The van der Waals surface area contributed by atoms with Crippen molar-refractivity contribution in [1.82, 2.24) is 0 Å². The third-order valence-corrected chi connectivity index (χ3v) is 4.04. The second kappa shape index (κ2) is 10.1. The van der Waals surface area contributed by atoms with Crippen LogP contribution in [-0.2, 0) is 14.2 Å². The zero-order chi connectivity index (χ0) is 20.7. The van der Waals surface area contributed by atoms with E-state index in [-0.39, 0.29) is 30.1 Å². The highest BCUT2D eigenvalue weighted by molar-refractivity contribution is 5.89. The van der Waals surface area contributed by atoms with Gasteiger partial charge >= 0.3 is 5.97 Å². The van der Waals surface area contributed by atoms with E-state index < -0.39 is 43.3 Å². The number of ether oxygens (including phenoxy) is 3. The Morgan fingerprint density at radius 2 is 1.86 bits per heavy atom. The number of aliphatic hydroxyl groups is 4. The topological polar surface area (TPSA) is 170 Å². The van der Waals surface area contributed by atoms with Gasteiger partial charge < -0.3 is 39.7 Å². The summed E-state index contributed by atoms with van der Waals surface area (Å²) in [5.41, 5.74) is 0.268. The van der Waals surface area contributed by atoms with Crippen molar-refractivity contribution in [3.63, 3.8) is 0 Å². The van der Waals surface area contributed by atoms with Crippen LogP contribution >= 0.6 is 0 Å². The molecule has 1 saturated heterocycles. The van der Waals surface area contributed by atoms with Crippen molar-refractivity contribution < 1.29 is 44.5 Å².